The molecule has 1 N–H and O–H groups in total. The molecule has 1 aromatic heterocycles. The summed E-state index contributed by atoms with van der Waals surface area (Å²) in [6.45, 7) is 7.51. The molecule has 16 heavy (non-hydrogen) atoms. The molecule has 0 bridgehead atoms. The lowest BCUT2D eigenvalue weighted by atomic mass is 9.85. The molecule has 0 radical (unpaired) electrons. The first kappa shape index (κ1) is 11.5. The number of piperidine rings is 1. The number of hydrogen-bond acceptors (Lipinski definition) is 3. The highest BCUT2D eigenvalue weighted by atomic mass is 16.5. The van der Waals surface area contributed by atoms with Gasteiger partial charge >= 0.3 is 0 Å². The maximum absolute atomic E-state index is 5.43. The van der Waals surface area contributed by atoms with Gasteiger partial charge in [0.25, 0.3) is 0 Å². The lowest BCUT2D eigenvalue weighted by molar-refractivity contribution is 0.319. The fraction of sp³-hybridized carbons (Fsp3) is 0.750. The molecule has 4 heteroatoms. The Hall–Kier alpha value is -1.03. The van der Waals surface area contributed by atoms with E-state index in [0.717, 1.165) is 25.4 Å². The Bertz CT molecular complexity index is 327. The van der Waals surface area contributed by atoms with Crippen molar-refractivity contribution in [2.75, 3.05) is 20.2 Å². The van der Waals surface area contributed by atoms with E-state index >= 15 is 0 Å². The van der Waals surface area contributed by atoms with E-state index in [1.165, 1.54) is 12.1 Å². The Morgan fingerprint density at radius 2 is 2.44 bits per heavy atom. The Morgan fingerprint density at radius 1 is 1.62 bits per heavy atom. The highest BCUT2D eigenvalue weighted by molar-refractivity contribution is 5.29. The average molecular weight is 223 g/mol. The standard InChI is InChI=1S/C12H21N3O/c1-4-15-12(11(16-3)8-14-15)10-5-6-13-7-9(10)2/h8-10,13H,4-7H2,1-3H3. The molecule has 2 atom stereocenters. The summed E-state index contributed by atoms with van der Waals surface area (Å²) in [5.74, 6) is 2.16. The number of methoxy groups -OCH3 is 1. The summed E-state index contributed by atoms with van der Waals surface area (Å²) >= 11 is 0. The molecule has 2 rings (SSSR count). The van der Waals surface area contributed by atoms with Gasteiger partial charge in [-0.05, 0) is 32.4 Å². The average Bonchev–Trinajstić information content (AvgIpc) is 2.72. The number of nitrogens with zero attached hydrogens (tertiary/aromatic N) is 2. The fourth-order valence-electron chi connectivity index (χ4n) is 2.58. The lowest BCUT2D eigenvalue weighted by Crippen LogP contribution is -2.34. The van der Waals surface area contributed by atoms with E-state index in [1.807, 2.05) is 6.20 Å². The van der Waals surface area contributed by atoms with E-state index in [0.29, 0.717) is 11.8 Å². The number of aryl methyl sites for hydroxylation is 1. The van der Waals surface area contributed by atoms with E-state index < -0.39 is 0 Å². The van der Waals surface area contributed by atoms with Crippen LogP contribution in [0.2, 0.25) is 0 Å². The minimum atomic E-state index is 0.568. The van der Waals surface area contributed by atoms with Crippen LogP contribution in [-0.2, 0) is 6.54 Å². The topological polar surface area (TPSA) is 39.1 Å². The summed E-state index contributed by atoms with van der Waals surface area (Å²) in [6.07, 6.45) is 3.01. The zero-order valence-electron chi connectivity index (χ0n) is 10.4. The molecular weight excluding hydrogens is 202 g/mol. The molecule has 90 valence electrons. The van der Waals surface area contributed by atoms with Crippen LogP contribution in [0.1, 0.15) is 31.9 Å². The van der Waals surface area contributed by atoms with Gasteiger partial charge in [0.15, 0.2) is 5.75 Å². The maximum atomic E-state index is 5.43. The molecule has 0 aromatic carbocycles. The molecule has 0 aliphatic carbocycles. The number of nitrogens with one attached hydrogen (secondary N) is 1. The zero-order chi connectivity index (χ0) is 11.5. The molecule has 1 aromatic rings. The highest BCUT2D eigenvalue weighted by Crippen LogP contribution is 2.35. The lowest BCUT2D eigenvalue weighted by Gasteiger charge is -2.30. The van der Waals surface area contributed by atoms with Crippen molar-refractivity contribution < 1.29 is 4.74 Å². The number of ether oxygens (including phenoxy) is 1. The van der Waals surface area contributed by atoms with Gasteiger partial charge in [-0.2, -0.15) is 5.10 Å². The number of hydrogen-bond donors (Lipinski definition) is 1. The normalized spacial score (nSPS) is 25.7. The van der Waals surface area contributed by atoms with Gasteiger partial charge in [-0.15, -0.1) is 0 Å². The third-order valence-corrected chi connectivity index (χ3v) is 3.50. The zero-order valence-corrected chi connectivity index (χ0v) is 10.4. The smallest absolute Gasteiger partial charge is 0.160 e. The van der Waals surface area contributed by atoms with E-state index in [2.05, 4.69) is 28.9 Å². The van der Waals surface area contributed by atoms with E-state index in [4.69, 9.17) is 4.74 Å². The van der Waals surface area contributed by atoms with Gasteiger partial charge < -0.3 is 10.1 Å². The Kier molecular flexibility index (Phi) is 3.49. The van der Waals surface area contributed by atoms with Gasteiger partial charge in [-0.3, -0.25) is 4.68 Å². The van der Waals surface area contributed by atoms with Crippen LogP contribution in [-0.4, -0.2) is 30.0 Å². The van der Waals surface area contributed by atoms with E-state index in [9.17, 15) is 0 Å². The van der Waals surface area contributed by atoms with Gasteiger partial charge in [0.05, 0.1) is 19.0 Å². The van der Waals surface area contributed by atoms with Crippen molar-refractivity contribution in [2.24, 2.45) is 5.92 Å². The molecule has 0 amide bonds. The molecule has 2 unspecified atom stereocenters. The summed E-state index contributed by atoms with van der Waals surface area (Å²) < 4.78 is 7.50. The summed E-state index contributed by atoms with van der Waals surface area (Å²) in [5, 5.41) is 7.82. The quantitative estimate of drug-likeness (QED) is 0.846. The van der Waals surface area contributed by atoms with Crippen molar-refractivity contribution in [2.45, 2.75) is 32.7 Å². The minimum absolute atomic E-state index is 0.568. The van der Waals surface area contributed by atoms with Crippen LogP contribution in [0.15, 0.2) is 6.20 Å². The molecule has 4 nitrogen and oxygen atoms in total. The Balaban J connectivity index is 2.32. The van der Waals surface area contributed by atoms with Crippen LogP contribution in [0.5, 0.6) is 5.75 Å². The van der Waals surface area contributed by atoms with Crippen LogP contribution < -0.4 is 10.1 Å². The van der Waals surface area contributed by atoms with E-state index in [1.54, 1.807) is 7.11 Å². The van der Waals surface area contributed by atoms with Gasteiger partial charge in [-0.25, -0.2) is 0 Å². The van der Waals surface area contributed by atoms with Crippen LogP contribution in [0.3, 0.4) is 0 Å². The summed E-state index contributed by atoms with van der Waals surface area (Å²) in [6, 6.07) is 0. The SMILES string of the molecule is CCn1ncc(OC)c1C1CCNCC1C. The van der Waals surface area contributed by atoms with Crippen molar-refractivity contribution in [1.29, 1.82) is 0 Å². The highest BCUT2D eigenvalue weighted by Gasteiger charge is 2.28. The predicted molar refractivity (Wildman–Crippen MR) is 63.8 cm³/mol. The second-order valence-corrected chi connectivity index (χ2v) is 4.49. The third-order valence-electron chi connectivity index (χ3n) is 3.50. The van der Waals surface area contributed by atoms with Gasteiger partial charge in [0, 0.05) is 12.5 Å². The predicted octanol–water partition coefficient (Wildman–Crippen LogP) is 1.62. The summed E-state index contributed by atoms with van der Waals surface area (Å²) in [7, 11) is 1.73. The third kappa shape index (κ3) is 1.94. The Morgan fingerprint density at radius 3 is 3.06 bits per heavy atom. The molecule has 1 aliphatic heterocycles. The first-order valence-electron chi connectivity index (χ1n) is 6.08. The monoisotopic (exact) mass is 223 g/mol. The van der Waals surface area contributed by atoms with Crippen molar-refractivity contribution in [3.63, 3.8) is 0 Å². The van der Waals surface area contributed by atoms with Crippen molar-refractivity contribution in [3.05, 3.63) is 11.9 Å². The number of rotatable bonds is 3. The van der Waals surface area contributed by atoms with E-state index in [-0.39, 0.29) is 0 Å². The number of aromatic nitrogens is 2. The van der Waals surface area contributed by atoms with Crippen molar-refractivity contribution in [1.82, 2.24) is 15.1 Å². The molecular formula is C12H21N3O. The molecule has 1 aliphatic rings. The van der Waals surface area contributed by atoms with Crippen LogP contribution in [0.4, 0.5) is 0 Å². The Labute approximate surface area is 97.0 Å². The summed E-state index contributed by atoms with van der Waals surface area (Å²) in [5.41, 5.74) is 1.28. The van der Waals surface area contributed by atoms with Crippen LogP contribution in [0, 0.1) is 5.92 Å². The maximum Gasteiger partial charge on any atom is 0.160 e. The fourth-order valence-corrected chi connectivity index (χ4v) is 2.58. The van der Waals surface area contributed by atoms with Crippen molar-refractivity contribution >= 4 is 0 Å². The first-order valence-corrected chi connectivity index (χ1v) is 6.08. The summed E-state index contributed by atoms with van der Waals surface area (Å²) in [4.78, 5) is 0. The first-order chi connectivity index (χ1) is 7.77. The largest absolute Gasteiger partial charge is 0.493 e. The van der Waals surface area contributed by atoms with Crippen LogP contribution >= 0.6 is 0 Å². The molecule has 2 heterocycles. The van der Waals surface area contributed by atoms with Gasteiger partial charge in [0.2, 0.25) is 0 Å². The second-order valence-electron chi connectivity index (χ2n) is 4.49. The minimum Gasteiger partial charge on any atom is -0.493 e. The van der Waals surface area contributed by atoms with Gasteiger partial charge in [-0.1, -0.05) is 6.92 Å². The van der Waals surface area contributed by atoms with Crippen molar-refractivity contribution in [3.8, 4) is 5.75 Å². The second kappa shape index (κ2) is 4.87. The molecule has 0 spiro atoms. The molecule has 0 saturated carbocycles. The molecule has 1 fully saturated rings. The molecule has 1 saturated heterocycles. The van der Waals surface area contributed by atoms with Crippen LogP contribution in [0.25, 0.3) is 0 Å². The van der Waals surface area contributed by atoms with Gasteiger partial charge in [0.1, 0.15) is 0 Å².